The van der Waals surface area contributed by atoms with Crippen LogP contribution in [0.4, 0.5) is 10.7 Å². The molecule has 0 fully saturated rings. The number of amides is 1. The van der Waals surface area contributed by atoms with Gasteiger partial charge in [0.1, 0.15) is 16.3 Å². The third kappa shape index (κ3) is 5.01. The molecular weight excluding hydrogens is 440 g/mol. The first-order valence-corrected chi connectivity index (χ1v) is 10.2. The van der Waals surface area contributed by atoms with Crippen molar-refractivity contribution in [3.63, 3.8) is 0 Å². The van der Waals surface area contributed by atoms with Crippen molar-refractivity contribution in [2.45, 2.75) is 13.8 Å². The number of esters is 2. The molecule has 3 rings (SSSR count). The third-order valence-electron chi connectivity index (χ3n) is 4.29. The van der Waals surface area contributed by atoms with Crippen molar-refractivity contribution in [1.29, 1.82) is 0 Å². The zero-order chi connectivity index (χ0) is 23.3. The van der Waals surface area contributed by atoms with Gasteiger partial charge in [-0.05, 0) is 32.0 Å². The lowest BCUT2D eigenvalue weighted by Gasteiger charge is -2.09. The van der Waals surface area contributed by atoms with Crippen LogP contribution < -0.4 is 5.32 Å². The summed E-state index contributed by atoms with van der Waals surface area (Å²) in [6.45, 7) is 2.68. The van der Waals surface area contributed by atoms with Crippen molar-refractivity contribution < 1.29 is 33.2 Å². The minimum Gasteiger partial charge on any atom is -0.464 e. The Labute approximate surface area is 185 Å². The fourth-order valence-electron chi connectivity index (χ4n) is 2.78. The molecule has 0 aliphatic carbocycles. The van der Waals surface area contributed by atoms with Crippen LogP contribution in [0.15, 0.2) is 46.4 Å². The van der Waals surface area contributed by atoms with E-state index in [2.05, 4.69) is 5.32 Å². The van der Waals surface area contributed by atoms with Crippen molar-refractivity contribution >= 4 is 39.9 Å². The Balaban J connectivity index is 1.71. The summed E-state index contributed by atoms with van der Waals surface area (Å²) in [6, 6.07) is 7.20. The highest BCUT2D eigenvalue weighted by molar-refractivity contribution is 7.15. The van der Waals surface area contributed by atoms with E-state index in [0.717, 1.165) is 17.4 Å². The molecule has 2 heterocycles. The van der Waals surface area contributed by atoms with Gasteiger partial charge in [0.05, 0.1) is 23.4 Å². The monoisotopic (exact) mass is 458 g/mol. The van der Waals surface area contributed by atoms with E-state index in [1.54, 1.807) is 31.4 Å². The molecule has 1 N–H and O–H groups in total. The second kappa shape index (κ2) is 9.88. The van der Waals surface area contributed by atoms with E-state index < -0.39 is 29.4 Å². The number of carbonyl (C=O) groups is 3. The average molecular weight is 458 g/mol. The van der Waals surface area contributed by atoms with Crippen molar-refractivity contribution in [1.82, 2.24) is 0 Å². The molecule has 0 saturated heterocycles. The van der Waals surface area contributed by atoms with Gasteiger partial charge in [-0.3, -0.25) is 14.9 Å². The molecule has 0 aliphatic rings. The predicted octanol–water partition coefficient (Wildman–Crippen LogP) is 4.20. The predicted molar refractivity (Wildman–Crippen MR) is 115 cm³/mol. The Bertz CT molecular complexity index is 1170. The van der Waals surface area contributed by atoms with Crippen LogP contribution in [0.3, 0.4) is 0 Å². The zero-order valence-corrected chi connectivity index (χ0v) is 17.9. The van der Waals surface area contributed by atoms with E-state index in [1.807, 2.05) is 0 Å². The molecular formula is C21H18N2O8S. The Morgan fingerprint density at radius 2 is 1.97 bits per heavy atom. The normalized spacial score (nSPS) is 10.4. The number of hydrogen-bond donors (Lipinski definition) is 1. The molecule has 1 amide bonds. The maximum Gasteiger partial charge on any atom is 0.341 e. The van der Waals surface area contributed by atoms with Gasteiger partial charge in [0.25, 0.3) is 11.6 Å². The van der Waals surface area contributed by atoms with E-state index in [-0.39, 0.29) is 28.4 Å². The van der Waals surface area contributed by atoms with Crippen LogP contribution in [0.5, 0.6) is 0 Å². The number of ether oxygens (including phenoxy) is 2. The summed E-state index contributed by atoms with van der Waals surface area (Å²) in [7, 11) is 0. The Hall–Kier alpha value is -3.99. The van der Waals surface area contributed by atoms with E-state index in [1.165, 1.54) is 18.4 Å². The van der Waals surface area contributed by atoms with Gasteiger partial charge in [-0.15, -0.1) is 11.3 Å². The molecule has 11 heteroatoms. The topological polar surface area (TPSA) is 138 Å². The Morgan fingerprint density at radius 1 is 1.19 bits per heavy atom. The lowest BCUT2D eigenvalue weighted by atomic mass is 10.1. The summed E-state index contributed by atoms with van der Waals surface area (Å²) >= 11 is 1.09. The molecule has 10 nitrogen and oxygen atoms in total. The quantitative estimate of drug-likeness (QED) is 0.301. The largest absolute Gasteiger partial charge is 0.464 e. The molecule has 0 saturated carbocycles. The van der Waals surface area contributed by atoms with Crippen molar-refractivity contribution in [2.24, 2.45) is 0 Å². The second-order valence-corrected chi connectivity index (χ2v) is 7.31. The first-order valence-electron chi connectivity index (χ1n) is 9.36. The van der Waals surface area contributed by atoms with E-state index in [4.69, 9.17) is 13.9 Å². The van der Waals surface area contributed by atoms with Crippen LogP contribution in [-0.4, -0.2) is 36.0 Å². The first kappa shape index (κ1) is 22.7. The van der Waals surface area contributed by atoms with Crippen molar-refractivity contribution in [2.75, 3.05) is 18.5 Å². The highest BCUT2D eigenvalue weighted by Gasteiger charge is 2.24. The summed E-state index contributed by atoms with van der Waals surface area (Å²) in [6.07, 6.45) is 1.45. The second-order valence-electron chi connectivity index (χ2n) is 6.43. The molecule has 3 aromatic rings. The average Bonchev–Trinajstić information content (AvgIpc) is 3.42. The molecule has 0 aliphatic heterocycles. The highest BCUT2D eigenvalue weighted by Crippen LogP contribution is 2.36. The van der Waals surface area contributed by atoms with Gasteiger partial charge in [-0.1, -0.05) is 6.07 Å². The number of nitro groups is 1. The van der Waals surface area contributed by atoms with Crippen molar-refractivity contribution in [3.8, 4) is 11.3 Å². The molecule has 2 aromatic heterocycles. The highest BCUT2D eigenvalue weighted by atomic mass is 32.1. The SMILES string of the molecule is CCOC(=O)c1c(-c2ccco2)csc1NC(=O)COC(=O)c1ccc(C)c([N+](=O)[O-])c1. The zero-order valence-electron chi connectivity index (χ0n) is 17.1. The van der Waals surface area contributed by atoms with Gasteiger partial charge in [0.2, 0.25) is 0 Å². The number of nitrogens with one attached hydrogen (secondary N) is 1. The maximum absolute atomic E-state index is 12.4. The Morgan fingerprint density at radius 3 is 2.62 bits per heavy atom. The number of benzene rings is 1. The molecule has 0 radical (unpaired) electrons. The summed E-state index contributed by atoms with van der Waals surface area (Å²) < 4.78 is 15.4. The number of carbonyl (C=O) groups excluding carboxylic acids is 3. The van der Waals surface area contributed by atoms with Gasteiger partial charge in [0.15, 0.2) is 6.61 Å². The molecule has 0 unspecified atom stereocenters. The van der Waals surface area contributed by atoms with Crippen LogP contribution in [0.25, 0.3) is 11.3 Å². The summed E-state index contributed by atoms with van der Waals surface area (Å²) in [5.41, 5.74) is 0.685. The fraction of sp³-hybridized carbons (Fsp3) is 0.190. The molecule has 0 spiro atoms. The molecule has 32 heavy (non-hydrogen) atoms. The summed E-state index contributed by atoms with van der Waals surface area (Å²) in [4.78, 5) is 47.4. The maximum atomic E-state index is 12.4. The van der Waals surface area contributed by atoms with Crippen LogP contribution in [0, 0.1) is 17.0 Å². The number of furan rings is 1. The number of rotatable bonds is 8. The van der Waals surface area contributed by atoms with Crippen LogP contribution in [0.2, 0.25) is 0 Å². The number of hydrogen-bond acceptors (Lipinski definition) is 9. The fourth-order valence-corrected chi connectivity index (χ4v) is 3.73. The molecule has 1 aromatic carbocycles. The number of aryl methyl sites for hydroxylation is 1. The smallest absolute Gasteiger partial charge is 0.341 e. The van der Waals surface area contributed by atoms with Gasteiger partial charge < -0.3 is 19.2 Å². The number of anilines is 1. The van der Waals surface area contributed by atoms with Crippen LogP contribution in [-0.2, 0) is 14.3 Å². The minimum absolute atomic E-state index is 0.0569. The van der Waals surface area contributed by atoms with Gasteiger partial charge in [-0.25, -0.2) is 9.59 Å². The standard InChI is InChI=1S/C21H18N2O8S/c1-3-29-21(26)18-14(16-5-4-8-30-16)11-32-19(18)22-17(24)10-31-20(25)13-7-6-12(2)15(9-13)23(27)28/h4-9,11H,3,10H2,1-2H3,(H,22,24). The first-order chi connectivity index (χ1) is 15.3. The van der Waals surface area contributed by atoms with Gasteiger partial charge in [-0.2, -0.15) is 0 Å². The molecule has 0 bridgehead atoms. The molecule has 0 atom stereocenters. The van der Waals surface area contributed by atoms with Gasteiger partial charge in [0, 0.05) is 22.6 Å². The number of nitro benzene ring substituents is 1. The van der Waals surface area contributed by atoms with E-state index in [0.29, 0.717) is 16.9 Å². The lowest BCUT2D eigenvalue weighted by Crippen LogP contribution is -2.21. The summed E-state index contributed by atoms with van der Waals surface area (Å²) in [5, 5.41) is 15.4. The lowest BCUT2D eigenvalue weighted by molar-refractivity contribution is -0.385. The van der Waals surface area contributed by atoms with E-state index in [9.17, 15) is 24.5 Å². The van der Waals surface area contributed by atoms with Gasteiger partial charge >= 0.3 is 11.9 Å². The third-order valence-corrected chi connectivity index (χ3v) is 5.18. The Kier molecular flexibility index (Phi) is 7.00. The number of thiophene rings is 1. The number of nitrogens with zero attached hydrogens (tertiary/aromatic N) is 1. The van der Waals surface area contributed by atoms with E-state index >= 15 is 0 Å². The molecule has 166 valence electrons. The van der Waals surface area contributed by atoms with Crippen LogP contribution >= 0.6 is 11.3 Å². The van der Waals surface area contributed by atoms with Crippen molar-refractivity contribution in [3.05, 3.63) is 68.8 Å². The minimum atomic E-state index is -0.892. The summed E-state index contributed by atoms with van der Waals surface area (Å²) in [5.74, 6) is -1.80. The van der Waals surface area contributed by atoms with Crippen LogP contribution in [0.1, 0.15) is 33.2 Å².